The van der Waals surface area contributed by atoms with E-state index in [2.05, 4.69) is 38.0 Å². The van der Waals surface area contributed by atoms with Gasteiger partial charge in [0.1, 0.15) is 5.57 Å². The zero-order valence-corrected chi connectivity index (χ0v) is 20.4. The van der Waals surface area contributed by atoms with Crippen molar-refractivity contribution < 1.29 is 9.59 Å². The van der Waals surface area contributed by atoms with E-state index in [1.807, 2.05) is 37.3 Å². The summed E-state index contributed by atoms with van der Waals surface area (Å²) in [7, 11) is 2.07. The highest BCUT2D eigenvalue weighted by Gasteiger charge is 2.36. The fourth-order valence-electron chi connectivity index (χ4n) is 4.53. The molecule has 4 rings (SSSR count). The fraction of sp³-hybridized carbons (Fsp3) is 0.320. The van der Waals surface area contributed by atoms with E-state index >= 15 is 0 Å². The van der Waals surface area contributed by atoms with E-state index in [1.165, 1.54) is 4.90 Å². The van der Waals surface area contributed by atoms with Crippen LogP contribution in [0.25, 0.3) is 6.08 Å². The molecule has 5 nitrogen and oxygen atoms in total. The summed E-state index contributed by atoms with van der Waals surface area (Å²) in [6.45, 7) is 8.55. The predicted molar refractivity (Wildman–Crippen MR) is 134 cm³/mol. The molecule has 1 atom stereocenters. The van der Waals surface area contributed by atoms with Gasteiger partial charge in [0, 0.05) is 23.3 Å². The van der Waals surface area contributed by atoms with Gasteiger partial charge in [-0.25, -0.2) is 0 Å². The standard InChI is InChI=1S/C25H26ClN3O2S/c1-14-7-6-8-17(9-14)29-23(31)19(22(30)27-24(29)32)11-16-10-18-15(2)13-25(3,4)28(5)21(18)12-20(16)26/h6-12,15H,13H2,1-5H3,(H,27,30,32)/b19-11+. The molecule has 2 amide bonds. The van der Waals surface area contributed by atoms with Crippen LogP contribution >= 0.6 is 23.8 Å². The van der Waals surface area contributed by atoms with E-state index in [1.54, 1.807) is 12.1 Å². The smallest absolute Gasteiger partial charge is 0.270 e. The first-order valence-corrected chi connectivity index (χ1v) is 11.3. The second kappa shape index (κ2) is 8.01. The lowest BCUT2D eigenvalue weighted by atomic mass is 9.80. The number of thiocarbonyl (C=S) groups is 1. The van der Waals surface area contributed by atoms with E-state index in [-0.39, 0.29) is 16.2 Å². The number of hydrogen-bond donors (Lipinski definition) is 1. The third-order valence-corrected chi connectivity index (χ3v) is 7.03. The van der Waals surface area contributed by atoms with E-state index < -0.39 is 11.8 Å². The molecule has 32 heavy (non-hydrogen) atoms. The van der Waals surface area contributed by atoms with Crippen LogP contribution in [0.4, 0.5) is 11.4 Å². The molecule has 0 saturated carbocycles. The highest BCUT2D eigenvalue weighted by molar-refractivity contribution is 7.80. The molecule has 2 heterocycles. The minimum atomic E-state index is -0.524. The van der Waals surface area contributed by atoms with Gasteiger partial charge in [-0.2, -0.15) is 0 Å². The topological polar surface area (TPSA) is 52.7 Å². The Morgan fingerprint density at radius 2 is 1.94 bits per heavy atom. The maximum Gasteiger partial charge on any atom is 0.270 e. The zero-order valence-electron chi connectivity index (χ0n) is 18.8. The van der Waals surface area contributed by atoms with Gasteiger partial charge in [-0.15, -0.1) is 0 Å². The molecular weight excluding hydrogens is 442 g/mol. The van der Waals surface area contributed by atoms with Crippen LogP contribution in [0.1, 0.15) is 49.8 Å². The first kappa shape index (κ1) is 22.5. The average Bonchev–Trinajstić information content (AvgIpc) is 2.69. The Balaban J connectivity index is 1.78. The molecule has 2 aromatic rings. The highest BCUT2D eigenvalue weighted by Crippen LogP contribution is 2.44. The molecule has 1 N–H and O–H groups in total. The molecule has 1 saturated heterocycles. The first-order valence-electron chi connectivity index (χ1n) is 10.5. The van der Waals surface area contributed by atoms with Crippen molar-refractivity contribution in [2.24, 2.45) is 0 Å². The Morgan fingerprint density at radius 1 is 1.22 bits per heavy atom. The number of carbonyl (C=O) groups excluding carboxylic acids is 2. The zero-order chi connectivity index (χ0) is 23.4. The van der Waals surface area contributed by atoms with Gasteiger partial charge >= 0.3 is 0 Å². The molecule has 0 aliphatic carbocycles. The molecule has 7 heteroatoms. The Labute approximate surface area is 199 Å². The second-order valence-corrected chi connectivity index (χ2v) is 10.00. The average molecular weight is 468 g/mol. The summed E-state index contributed by atoms with van der Waals surface area (Å²) in [5.74, 6) is -0.675. The second-order valence-electron chi connectivity index (χ2n) is 9.21. The van der Waals surface area contributed by atoms with Crippen LogP contribution in [0.2, 0.25) is 5.02 Å². The molecule has 2 aromatic carbocycles. The van der Waals surface area contributed by atoms with Crippen molar-refractivity contribution in [3.05, 3.63) is 63.7 Å². The molecule has 0 spiro atoms. The van der Waals surface area contributed by atoms with Crippen LogP contribution in [0.3, 0.4) is 0 Å². The maximum atomic E-state index is 13.3. The molecule has 1 fully saturated rings. The molecule has 166 valence electrons. The number of rotatable bonds is 2. The van der Waals surface area contributed by atoms with Gasteiger partial charge in [0.2, 0.25) is 0 Å². The Kier molecular flexibility index (Phi) is 5.63. The summed E-state index contributed by atoms with van der Waals surface area (Å²) < 4.78 is 0. The van der Waals surface area contributed by atoms with E-state index in [0.29, 0.717) is 22.2 Å². The van der Waals surface area contributed by atoms with Crippen LogP contribution in [0.5, 0.6) is 0 Å². The normalized spacial score (nSPS) is 21.6. The Hall–Kier alpha value is -2.70. The third kappa shape index (κ3) is 3.82. The van der Waals surface area contributed by atoms with Crippen LogP contribution in [0, 0.1) is 6.92 Å². The van der Waals surface area contributed by atoms with Gasteiger partial charge in [-0.1, -0.05) is 30.7 Å². The lowest BCUT2D eigenvalue weighted by Crippen LogP contribution is -2.54. The number of aryl methyl sites for hydroxylation is 1. The lowest BCUT2D eigenvalue weighted by molar-refractivity contribution is -0.122. The number of nitrogens with one attached hydrogen (secondary N) is 1. The molecule has 2 aliphatic heterocycles. The first-order chi connectivity index (χ1) is 15.0. The number of fused-ring (bicyclic) bond motifs is 1. The number of amides is 2. The van der Waals surface area contributed by atoms with E-state index in [9.17, 15) is 9.59 Å². The Bertz CT molecular complexity index is 1190. The van der Waals surface area contributed by atoms with Gasteiger partial charge in [-0.05, 0) is 92.4 Å². The quantitative estimate of drug-likeness (QED) is 0.374. The lowest BCUT2D eigenvalue weighted by Gasteiger charge is -2.45. The van der Waals surface area contributed by atoms with Crippen LogP contribution in [-0.2, 0) is 9.59 Å². The van der Waals surface area contributed by atoms with Gasteiger partial charge in [-0.3, -0.25) is 19.8 Å². The summed E-state index contributed by atoms with van der Waals surface area (Å²) in [4.78, 5) is 29.6. The number of halogens is 1. The molecule has 0 bridgehead atoms. The van der Waals surface area contributed by atoms with Crippen molar-refractivity contribution in [2.45, 2.75) is 45.6 Å². The SMILES string of the molecule is Cc1cccc(N2C(=O)/C(=C/c3cc4c(cc3Cl)N(C)C(C)(C)CC4C)C(=O)NC2=S)c1. The van der Waals surface area contributed by atoms with Gasteiger partial charge in [0.25, 0.3) is 11.8 Å². The number of hydrogen-bond acceptors (Lipinski definition) is 4. The molecule has 2 aliphatic rings. The summed E-state index contributed by atoms with van der Waals surface area (Å²) in [6.07, 6.45) is 2.56. The number of anilines is 2. The number of carbonyl (C=O) groups is 2. The van der Waals surface area contributed by atoms with Crippen molar-refractivity contribution in [2.75, 3.05) is 16.8 Å². The molecule has 0 aromatic heterocycles. The molecule has 0 radical (unpaired) electrons. The summed E-state index contributed by atoms with van der Waals surface area (Å²) in [5.41, 5.74) is 4.47. The van der Waals surface area contributed by atoms with Gasteiger partial charge in [0.05, 0.1) is 5.69 Å². The summed E-state index contributed by atoms with van der Waals surface area (Å²) in [5, 5.41) is 3.19. The Morgan fingerprint density at radius 3 is 2.62 bits per heavy atom. The van der Waals surface area contributed by atoms with Crippen molar-refractivity contribution in [3.8, 4) is 0 Å². The summed E-state index contributed by atoms with van der Waals surface area (Å²) in [6, 6.07) is 11.3. The largest absolute Gasteiger partial charge is 0.369 e. The highest BCUT2D eigenvalue weighted by atomic mass is 35.5. The number of nitrogens with zero attached hydrogens (tertiary/aromatic N) is 2. The minimum absolute atomic E-state index is 0.000830. The molecule has 1 unspecified atom stereocenters. The van der Waals surface area contributed by atoms with Crippen molar-refractivity contribution in [3.63, 3.8) is 0 Å². The maximum absolute atomic E-state index is 13.3. The van der Waals surface area contributed by atoms with Crippen LogP contribution in [-0.4, -0.2) is 29.5 Å². The van der Waals surface area contributed by atoms with Crippen molar-refractivity contribution >= 4 is 58.2 Å². The minimum Gasteiger partial charge on any atom is -0.369 e. The monoisotopic (exact) mass is 467 g/mol. The van der Waals surface area contributed by atoms with Crippen LogP contribution in [0.15, 0.2) is 42.0 Å². The van der Waals surface area contributed by atoms with Gasteiger partial charge < -0.3 is 4.90 Å². The van der Waals surface area contributed by atoms with Crippen molar-refractivity contribution in [1.29, 1.82) is 0 Å². The van der Waals surface area contributed by atoms with Crippen molar-refractivity contribution in [1.82, 2.24) is 5.32 Å². The predicted octanol–water partition coefficient (Wildman–Crippen LogP) is 5.20. The number of benzene rings is 2. The summed E-state index contributed by atoms with van der Waals surface area (Å²) >= 11 is 11.9. The van der Waals surface area contributed by atoms with Gasteiger partial charge in [0.15, 0.2) is 5.11 Å². The van der Waals surface area contributed by atoms with E-state index in [4.69, 9.17) is 23.8 Å². The fourth-order valence-corrected chi connectivity index (χ4v) is 5.02. The third-order valence-electron chi connectivity index (χ3n) is 6.41. The molecular formula is C25H26ClN3O2S. The van der Waals surface area contributed by atoms with Crippen LogP contribution < -0.4 is 15.1 Å². The van der Waals surface area contributed by atoms with E-state index in [0.717, 1.165) is 23.2 Å².